The second-order valence-corrected chi connectivity index (χ2v) is 6.09. The number of hydrogen-bond acceptors (Lipinski definition) is 5. The molecule has 3 aromatic carbocycles. The van der Waals surface area contributed by atoms with Crippen molar-refractivity contribution in [1.82, 2.24) is 0 Å². The van der Waals surface area contributed by atoms with Gasteiger partial charge in [-0.1, -0.05) is 42.5 Å². The van der Waals surface area contributed by atoms with Crippen LogP contribution < -0.4 is 4.90 Å². The second kappa shape index (κ2) is 5.20. The molecule has 2 aliphatic heterocycles. The number of benzene rings is 3. The van der Waals surface area contributed by atoms with Crippen molar-refractivity contribution in [3.8, 4) is 0 Å². The molecule has 1 atom stereocenters. The van der Waals surface area contributed by atoms with Gasteiger partial charge in [-0.2, -0.15) is 0 Å². The molecule has 0 saturated heterocycles. The van der Waals surface area contributed by atoms with Crippen LogP contribution in [0.2, 0.25) is 0 Å². The third-order valence-corrected chi connectivity index (χ3v) is 4.62. The molecular formula is C21H13NO4. The minimum absolute atomic E-state index is 0.389. The van der Waals surface area contributed by atoms with E-state index in [2.05, 4.69) is 0 Å². The number of para-hydroxylation sites is 2. The zero-order valence-corrected chi connectivity index (χ0v) is 13.6. The van der Waals surface area contributed by atoms with Crippen LogP contribution in [0.5, 0.6) is 0 Å². The van der Waals surface area contributed by atoms with Crippen molar-refractivity contribution < 1.29 is 19.1 Å². The van der Waals surface area contributed by atoms with Gasteiger partial charge in [0.2, 0.25) is 0 Å². The van der Waals surface area contributed by atoms with E-state index >= 15 is 0 Å². The predicted molar refractivity (Wildman–Crippen MR) is 94.0 cm³/mol. The van der Waals surface area contributed by atoms with E-state index in [-0.39, 0.29) is 0 Å². The first-order valence-corrected chi connectivity index (χ1v) is 8.21. The molecule has 5 rings (SSSR count). The van der Waals surface area contributed by atoms with E-state index in [1.807, 2.05) is 42.5 Å². The lowest BCUT2D eigenvalue weighted by Crippen LogP contribution is -2.51. The Bertz CT molecular complexity index is 1050. The third kappa shape index (κ3) is 1.85. The van der Waals surface area contributed by atoms with Crippen LogP contribution in [0.3, 0.4) is 0 Å². The Morgan fingerprint density at radius 3 is 2.00 bits per heavy atom. The SMILES string of the molecule is O=C1OC2(OC(=O)c3ccccc32)N(c2ccccc2)c2ccccc21. The van der Waals surface area contributed by atoms with Gasteiger partial charge in [-0.3, -0.25) is 4.90 Å². The highest BCUT2D eigenvalue weighted by Crippen LogP contribution is 2.50. The molecule has 0 aromatic heterocycles. The van der Waals surface area contributed by atoms with Crippen LogP contribution in [0, 0.1) is 0 Å². The Labute approximate surface area is 149 Å². The summed E-state index contributed by atoms with van der Waals surface area (Å²) < 4.78 is 11.5. The van der Waals surface area contributed by atoms with Crippen LogP contribution in [0.1, 0.15) is 26.3 Å². The van der Waals surface area contributed by atoms with Gasteiger partial charge in [0.25, 0.3) is 0 Å². The van der Waals surface area contributed by atoms with Crippen molar-refractivity contribution in [2.45, 2.75) is 5.91 Å². The fourth-order valence-electron chi connectivity index (χ4n) is 3.53. The number of carbonyl (C=O) groups excluding carboxylic acids is 2. The lowest BCUT2D eigenvalue weighted by atomic mass is 10.0. The average Bonchev–Trinajstić information content (AvgIpc) is 2.95. The number of carbonyl (C=O) groups is 2. The van der Waals surface area contributed by atoms with Crippen molar-refractivity contribution in [3.63, 3.8) is 0 Å². The summed E-state index contributed by atoms with van der Waals surface area (Å²) >= 11 is 0. The number of hydrogen-bond donors (Lipinski definition) is 0. The van der Waals surface area contributed by atoms with Crippen molar-refractivity contribution >= 4 is 23.3 Å². The minimum Gasteiger partial charge on any atom is -0.395 e. The van der Waals surface area contributed by atoms with Gasteiger partial charge in [0, 0.05) is 5.69 Å². The van der Waals surface area contributed by atoms with Gasteiger partial charge in [0.1, 0.15) is 0 Å². The van der Waals surface area contributed by atoms with Crippen LogP contribution in [0.25, 0.3) is 0 Å². The first kappa shape index (κ1) is 14.7. The lowest BCUT2D eigenvalue weighted by Gasteiger charge is -2.43. The van der Waals surface area contributed by atoms with Gasteiger partial charge in [0.05, 0.1) is 22.4 Å². The van der Waals surface area contributed by atoms with Crippen molar-refractivity contribution in [2.75, 3.05) is 4.90 Å². The largest absolute Gasteiger partial charge is 0.395 e. The van der Waals surface area contributed by atoms with E-state index in [4.69, 9.17) is 9.47 Å². The molecular weight excluding hydrogens is 330 g/mol. The van der Waals surface area contributed by atoms with Gasteiger partial charge in [-0.15, -0.1) is 0 Å². The summed E-state index contributed by atoms with van der Waals surface area (Å²) in [4.78, 5) is 27.0. The Balaban J connectivity index is 1.83. The van der Waals surface area contributed by atoms with Crippen molar-refractivity contribution in [2.24, 2.45) is 0 Å². The second-order valence-electron chi connectivity index (χ2n) is 6.09. The highest BCUT2D eigenvalue weighted by molar-refractivity contribution is 6.02. The molecule has 0 bridgehead atoms. The number of fused-ring (bicyclic) bond motifs is 3. The molecule has 1 spiro atoms. The molecule has 3 aromatic rings. The number of rotatable bonds is 1. The predicted octanol–water partition coefficient (Wildman–Crippen LogP) is 3.98. The van der Waals surface area contributed by atoms with Gasteiger partial charge in [-0.25, -0.2) is 9.59 Å². The summed E-state index contributed by atoms with van der Waals surface area (Å²) in [7, 11) is 0. The van der Waals surface area contributed by atoms with Gasteiger partial charge >= 0.3 is 17.8 Å². The molecule has 5 heteroatoms. The summed E-state index contributed by atoms with van der Waals surface area (Å²) in [5.41, 5.74) is 2.69. The van der Waals surface area contributed by atoms with E-state index < -0.39 is 17.8 Å². The monoisotopic (exact) mass is 343 g/mol. The Hall–Kier alpha value is -3.60. The Kier molecular flexibility index (Phi) is 2.94. The zero-order chi connectivity index (χ0) is 17.7. The number of nitrogens with zero attached hydrogens (tertiary/aromatic N) is 1. The molecule has 0 amide bonds. The maximum atomic E-state index is 12.7. The van der Waals surface area contributed by atoms with Crippen molar-refractivity contribution in [3.05, 3.63) is 95.6 Å². The molecule has 126 valence electrons. The van der Waals surface area contributed by atoms with E-state index in [1.54, 1.807) is 41.3 Å². The van der Waals surface area contributed by atoms with Gasteiger partial charge in [0.15, 0.2) is 0 Å². The molecule has 2 heterocycles. The van der Waals surface area contributed by atoms with E-state index in [0.717, 1.165) is 5.69 Å². The lowest BCUT2D eigenvalue weighted by molar-refractivity contribution is -0.165. The van der Waals surface area contributed by atoms with Crippen LogP contribution in [0.15, 0.2) is 78.9 Å². The summed E-state index contributed by atoms with van der Waals surface area (Å²) in [6.07, 6.45) is 0. The third-order valence-electron chi connectivity index (χ3n) is 4.62. The Morgan fingerprint density at radius 2 is 1.23 bits per heavy atom. The molecule has 0 N–H and O–H groups in total. The minimum atomic E-state index is -1.65. The summed E-state index contributed by atoms with van der Waals surface area (Å²) in [6.45, 7) is 0. The normalized spacial score (nSPS) is 20.4. The first-order valence-electron chi connectivity index (χ1n) is 8.21. The smallest absolute Gasteiger partial charge is 0.377 e. The molecule has 0 fully saturated rings. The number of esters is 2. The summed E-state index contributed by atoms with van der Waals surface area (Å²) in [6, 6.07) is 23.5. The standard InChI is InChI=1S/C21H13NO4/c23-19-15-10-4-6-12-17(15)21(25-19)22(14-8-2-1-3-9-14)18-13-7-5-11-16(18)20(24)26-21/h1-13H. The van der Waals surface area contributed by atoms with E-state index in [9.17, 15) is 9.59 Å². The van der Waals surface area contributed by atoms with Crippen LogP contribution in [0.4, 0.5) is 11.4 Å². The summed E-state index contributed by atoms with van der Waals surface area (Å²) in [5.74, 6) is -2.70. The maximum Gasteiger partial charge on any atom is 0.377 e. The zero-order valence-electron chi connectivity index (χ0n) is 13.6. The molecule has 0 aliphatic carbocycles. The maximum absolute atomic E-state index is 12.7. The molecule has 2 aliphatic rings. The van der Waals surface area contributed by atoms with Gasteiger partial charge < -0.3 is 9.47 Å². The first-order chi connectivity index (χ1) is 12.7. The topological polar surface area (TPSA) is 55.8 Å². The van der Waals surface area contributed by atoms with Crippen LogP contribution >= 0.6 is 0 Å². The molecule has 0 saturated carbocycles. The highest BCUT2D eigenvalue weighted by atomic mass is 16.8. The van der Waals surface area contributed by atoms with Crippen LogP contribution in [-0.2, 0) is 15.4 Å². The summed E-state index contributed by atoms with van der Waals surface area (Å²) in [5, 5.41) is 0. The Morgan fingerprint density at radius 1 is 0.654 bits per heavy atom. The van der Waals surface area contributed by atoms with E-state index in [1.165, 1.54) is 0 Å². The van der Waals surface area contributed by atoms with Crippen LogP contribution in [-0.4, -0.2) is 11.9 Å². The highest BCUT2D eigenvalue weighted by Gasteiger charge is 2.57. The molecule has 26 heavy (non-hydrogen) atoms. The van der Waals surface area contributed by atoms with E-state index in [0.29, 0.717) is 22.4 Å². The fourth-order valence-corrected chi connectivity index (χ4v) is 3.53. The molecule has 0 radical (unpaired) electrons. The van der Waals surface area contributed by atoms with Gasteiger partial charge in [-0.05, 0) is 36.4 Å². The fraction of sp³-hybridized carbons (Fsp3) is 0.0476. The molecule has 1 unspecified atom stereocenters. The average molecular weight is 343 g/mol. The van der Waals surface area contributed by atoms with Crippen molar-refractivity contribution in [1.29, 1.82) is 0 Å². The number of anilines is 2. The number of ether oxygens (including phenoxy) is 2. The molecule has 5 nitrogen and oxygen atoms in total. The quantitative estimate of drug-likeness (QED) is 0.626.